The van der Waals surface area contributed by atoms with E-state index in [1.165, 1.54) is 11.3 Å². The van der Waals surface area contributed by atoms with Gasteiger partial charge in [0.1, 0.15) is 11.3 Å². The van der Waals surface area contributed by atoms with E-state index in [4.69, 9.17) is 16.0 Å². The number of rotatable bonds is 4. The highest BCUT2D eigenvalue weighted by molar-refractivity contribution is 14.1. The Morgan fingerprint density at radius 1 is 1.15 bits per heavy atom. The van der Waals surface area contributed by atoms with Crippen molar-refractivity contribution in [3.63, 3.8) is 0 Å². The number of furan rings is 1. The van der Waals surface area contributed by atoms with Gasteiger partial charge in [0.15, 0.2) is 5.13 Å². The van der Waals surface area contributed by atoms with Crippen molar-refractivity contribution >= 4 is 66.8 Å². The maximum absolute atomic E-state index is 13.3. The third kappa shape index (κ3) is 3.36. The van der Waals surface area contributed by atoms with Crippen molar-refractivity contribution in [2.75, 3.05) is 4.90 Å². The van der Waals surface area contributed by atoms with Crippen LogP contribution in [0.4, 0.5) is 5.13 Å². The highest BCUT2D eigenvalue weighted by Gasteiger charge is 2.24. The molecule has 4 rings (SSSR count). The molecule has 0 saturated carbocycles. The summed E-state index contributed by atoms with van der Waals surface area (Å²) in [5.74, 6) is 0.566. The monoisotopic (exact) mass is 494 g/mol. The van der Waals surface area contributed by atoms with E-state index in [1.54, 1.807) is 23.3 Å². The smallest absolute Gasteiger partial charge is 0.261 e. The number of anilines is 1. The lowest BCUT2D eigenvalue weighted by atomic mass is 10.2. The quantitative estimate of drug-likeness (QED) is 0.327. The van der Waals surface area contributed by atoms with Crippen LogP contribution in [0.2, 0.25) is 5.02 Å². The third-order valence-corrected chi connectivity index (χ3v) is 6.12. The number of para-hydroxylation sites is 1. The zero-order valence-corrected chi connectivity index (χ0v) is 17.1. The molecule has 0 saturated heterocycles. The fourth-order valence-corrected chi connectivity index (χ4v) is 4.46. The normalized spacial score (nSPS) is 11.0. The second-order valence-corrected chi connectivity index (χ2v) is 8.11. The average molecular weight is 495 g/mol. The number of hydrogen-bond acceptors (Lipinski definition) is 4. The van der Waals surface area contributed by atoms with E-state index in [1.807, 2.05) is 42.5 Å². The van der Waals surface area contributed by atoms with Crippen LogP contribution >= 0.6 is 45.5 Å². The number of thiazole rings is 1. The van der Waals surface area contributed by atoms with Crippen LogP contribution in [0.5, 0.6) is 0 Å². The molecule has 1 amide bonds. The number of hydrogen-bond donors (Lipinski definition) is 0. The second kappa shape index (κ2) is 7.38. The van der Waals surface area contributed by atoms with E-state index in [9.17, 15) is 4.79 Å². The number of aromatic nitrogens is 1. The molecule has 4 aromatic rings. The molecule has 0 spiro atoms. The van der Waals surface area contributed by atoms with Crippen molar-refractivity contribution in [3.8, 4) is 0 Å². The third-order valence-electron chi connectivity index (χ3n) is 3.83. The van der Waals surface area contributed by atoms with Gasteiger partial charge in [-0.15, -0.1) is 0 Å². The molecule has 7 heteroatoms. The summed E-state index contributed by atoms with van der Waals surface area (Å²) in [6.07, 6.45) is 1.60. The predicted octanol–water partition coefficient (Wildman–Crippen LogP) is 5.99. The minimum absolute atomic E-state index is 0.124. The molecule has 0 N–H and O–H groups in total. The lowest BCUT2D eigenvalue weighted by Gasteiger charge is -2.19. The highest BCUT2D eigenvalue weighted by atomic mass is 127. The molecule has 0 radical (unpaired) electrons. The summed E-state index contributed by atoms with van der Waals surface area (Å²) in [6, 6.07) is 16.8. The Bertz CT molecular complexity index is 1080. The van der Waals surface area contributed by atoms with E-state index < -0.39 is 0 Å². The van der Waals surface area contributed by atoms with Crippen LogP contribution in [0.25, 0.3) is 10.2 Å². The fraction of sp³-hybridized carbons (Fsp3) is 0.0526. The van der Waals surface area contributed by atoms with Crippen molar-refractivity contribution in [1.82, 2.24) is 4.98 Å². The standard InChI is InChI=1S/C19H12ClIN2O2S/c20-14-7-3-9-16-17(14)22-19(26-16)23(11-12-5-4-10-25-12)18(24)13-6-1-2-8-15(13)21/h1-10H,11H2. The van der Waals surface area contributed by atoms with Gasteiger partial charge in [0, 0.05) is 3.57 Å². The van der Waals surface area contributed by atoms with Gasteiger partial charge in [0.05, 0.1) is 28.1 Å². The number of fused-ring (bicyclic) bond motifs is 1. The van der Waals surface area contributed by atoms with Gasteiger partial charge in [-0.1, -0.05) is 41.1 Å². The Labute approximate surface area is 172 Å². The Morgan fingerprint density at radius 2 is 2.00 bits per heavy atom. The van der Waals surface area contributed by atoms with E-state index in [0.29, 0.717) is 33.5 Å². The SMILES string of the molecule is O=C(c1ccccc1I)N(Cc1ccco1)c1nc2c(Cl)cccc2s1. The number of carbonyl (C=O) groups excluding carboxylic acids is 1. The van der Waals surface area contributed by atoms with Crippen LogP contribution in [-0.4, -0.2) is 10.9 Å². The van der Waals surface area contributed by atoms with Crippen LogP contribution in [0.3, 0.4) is 0 Å². The summed E-state index contributed by atoms with van der Waals surface area (Å²) in [7, 11) is 0. The first-order valence-electron chi connectivity index (χ1n) is 7.77. The average Bonchev–Trinajstić information content (AvgIpc) is 3.29. The van der Waals surface area contributed by atoms with Crippen molar-refractivity contribution in [2.45, 2.75) is 6.54 Å². The van der Waals surface area contributed by atoms with E-state index in [0.717, 1.165) is 8.27 Å². The first kappa shape index (κ1) is 17.5. The summed E-state index contributed by atoms with van der Waals surface area (Å²) in [4.78, 5) is 19.5. The van der Waals surface area contributed by atoms with Gasteiger partial charge >= 0.3 is 0 Å². The summed E-state index contributed by atoms with van der Waals surface area (Å²) in [5, 5.41) is 1.17. The number of benzene rings is 2. The lowest BCUT2D eigenvalue weighted by Crippen LogP contribution is -2.30. The predicted molar refractivity (Wildman–Crippen MR) is 113 cm³/mol. The molecule has 0 bridgehead atoms. The molecule has 2 aromatic carbocycles. The Hall–Kier alpha value is -1.90. The minimum atomic E-state index is -0.124. The van der Waals surface area contributed by atoms with Crippen molar-refractivity contribution in [2.24, 2.45) is 0 Å². The van der Waals surface area contributed by atoms with Gasteiger partial charge in [-0.25, -0.2) is 4.98 Å². The maximum atomic E-state index is 13.3. The number of amides is 1. The lowest BCUT2D eigenvalue weighted by molar-refractivity contribution is 0.0982. The van der Waals surface area contributed by atoms with E-state index >= 15 is 0 Å². The summed E-state index contributed by atoms with van der Waals surface area (Å²) in [5.41, 5.74) is 1.33. The Balaban J connectivity index is 1.80. The maximum Gasteiger partial charge on any atom is 0.261 e. The van der Waals surface area contributed by atoms with Gasteiger partial charge in [-0.05, 0) is 59.0 Å². The van der Waals surface area contributed by atoms with Gasteiger partial charge in [-0.3, -0.25) is 9.69 Å². The molecule has 0 aliphatic carbocycles. The fourth-order valence-electron chi connectivity index (χ4n) is 2.58. The topological polar surface area (TPSA) is 46.3 Å². The molecule has 2 heterocycles. The minimum Gasteiger partial charge on any atom is -0.467 e. The molecule has 4 nitrogen and oxygen atoms in total. The Kier molecular flexibility index (Phi) is 4.97. The number of carbonyl (C=O) groups is 1. The molecule has 0 atom stereocenters. The highest BCUT2D eigenvalue weighted by Crippen LogP contribution is 2.34. The molecule has 130 valence electrons. The molecule has 0 aliphatic heterocycles. The molecule has 0 unspecified atom stereocenters. The van der Waals surface area contributed by atoms with Crippen LogP contribution in [0, 0.1) is 3.57 Å². The molecular weight excluding hydrogens is 483 g/mol. The molecule has 0 aliphatic rings. The largest absolute Gasteiger partial charge is 0.467 e. The summed E-state index contributed by atoms with van der Waals surface area (Å²) in [6.45, 7) is 0.300. The zero-order chi connectivity index (χ0) is 18.1. The first-order chi connectivity index (χ1) is 12.6. The molecule has 26 heavy (non-hydrogen) atoms. The first-order valence-corrected chi connectivity index (χ1v) is 10.0. The molecule has 2 aromatic heterocycles. The number of halogens is 2. The van der Waals surface area contributed by atoms with Crippen LogP contribution in [0.15, 0.2) is 65.3 Å². The van der Waals surface area contributed by atoms with Gasteiger partial charge in [0.25, 0.3) is 5.91 Å². The summed E-state index contributed by atoms with van der Waals surface area (Å²) < 4.78 is 7.28. The van der Waals surface area contributed by atoms with Crippen molar-refractivity contribution in [1.29, 1.82) is 0 Å². The van der Waals surface area contributed by atoms with Crippen LogP contribution in [-0.2, 0) is 6.54 Å². The van der Waals surface area contributed by atoms with Crippen LogP contribution < -0.4 is 4.90 Å². The van der Waals surface area contributed by atoms with Gasteiger partial charge in [0.2, 0.25) is 0 Å². The number of nitrogens with zero attached hydrogens (tertiary/aromatic N) is 2. The molecule has 0 fully saturated rings. The molecular formula is C19H12ClIN2O2S. The van der Waals surface area contributed by atoms with Gasteiger partial charge in [-0.2, -0.15) is 0 Å². The van der Waals surface area contributed by atoms with E-state index in [2.05, 4.69) is 27.6 Å². The summed E-state index contributed by atoms with van der Waals surface area (Å²) >= 11 is 9.87. The van der Waals surface area contributed by atoms with Crippen molar-refractivity contribution in [3.05, 3.63) is 80.8 Å². The zero-order valence-electron chi connectivity index (χ0n) is 13.4. The Morgan fingerprint density at radius 3 is 2.73 bits per heavy atom. The van der Waals surface area contributed by atoms with Crippen LogP contribution in [0.1, 0.15) is 16.1 Å². The van der Waals surface area contributed by atoms with Crippen molar-refractivity contribution < 1.29 is 9.21 Å². The van der Waals surface area contributed by atoms with Gasteiger partial charge < -0.3 is 4.42 Å². The van der Waals surface area contributed by atoms with E-state index in [-0.39, 0.29) is 5.91 Å². The second-order valence-electron chi connectivity index (χ2n) is 5.53.